The van der Waals surface area contributed by atoms with Crippen LogP contribution in [-0.4, -0.2) is 36.2 Å². The fraction of sp³-hybridized carbons (Fsp3) is 0.833. The highest BCUT2D eigenvalue weighted by molar-refractivity contribution is 6.02. The number of rotatable bonds is 5. The summed E-state index contributed by atoms with van der Waals surface area (Å²) in [6, 6.07) is 0.0653. The van der Waals surface area contributed by atoms with Gasteiger partial charge in [0.05, 0.1) is 12.0 Å². The van der Waals surface area contributed by atoms with Crippen molar-refractivity contribution in [2.24, 2.45) is 22.2 Å². The lowest BCUT2D eigenvalue weighted by molar-refractivity contribution is -0.134. The number of amidine groups is 1. The average Bonchev–Trinajstić information content (AvgIpc) is 2.34. The third kappa shape index (κ3) is 2.58. The van der Waals surface area contributed by atoms with Crippen molar-refractivity contribution in [1.29, 1.82) is 0 Å². The molecule has 104 valence electrons. The van der Waals surface area contributed by atoms with E-state index in [1.807, 2.05) is 6.92 Å². The Morgan fingerprint density at radius 1 is 1.67 bits per heavy atom. The normalized spacial score (nSPS) is 28.3. The molecule has 1 rings (SSSR count). The zero-order chi connectivity index (χ0) is 13.9. The van der Waals surface area contributed by atoms with E-state index in [2.05, 4.69) is 24.3 Å². The molecule has 1 amide bonds. The predicted octanol–water partition coefficient (Wildman–Crippen LogP) is 0.689. The molecule has 6 nitrogen and oxygen atoms in total. The van der Waals surface area contributed by atoms with Crippen LogP contribution in [0.4, 0.5) is 0 Å². The number of ether oxygens (including phenoxy) is 1. The number of amides is 1. The number of hydrogen-bond donors (Lipinski definition) is 3. The predicted molar refractivity (Wildman–Crippen MR) is 68.3 cm³/mol. The van der Waals surface area contributed by atoms with E-state index >= 15 is 0 Å². The van der Waals surface area contributed by atoms with Gasteiger partial charge in [-0.1, -0.05) is 25.9 Å². The summed E-state index contributed by atoms with van der Waals surface area (Å²) in [6.45, 7) is 5.94. The van der Waals surface area contributed by atoms with Gasteiger partial charge in [0.25, 0.3) is 0 Å². The van der Waals surface area contributed by atoms with Gasteiger partial charge in [-0.2, -0.15) is 0 Å². The fourth-order valence-electron chi connectivity index (χ4n) is 2.40. The summed E-state index contributed by atoms with van der Waals surface area (Å²) in [5, 5.41) is 14.5. The van der Waals surface area contributed by atoms with Gasteiger partial charge >= 0.3 is 0 Å². The van der Waals surface area contributed by atoms with Crippen molar-refractivity contribution in [3.05, 3.63) is 0 Å². The second kappa shape index (κ2) is 5.56. The molecule has 1 saturated carbocycles. The van der Waals surface area contributed by atoms with Gasteiger partial charge in [0.2, 0.25) is 5.91 Å². The Balaban J connectivity index is 2.61. The molecule has 1 aliphatic carbocycles. The molecule has 0 heterocycles. The minimum atomic E-state index is -0.576. The van der Waals surface area contributed by atoms with Crippen molar-refractivity contribution in [3.8, 4) is 0 Å². The molecular formula is C12H23N3O3. The largest absolute Gasteiger partial charge is 0.409 e. The van der Waals surface area contributed by atoms with Crippen molar-refractivity contribution in [3.63, 3.8) is 0 Å². The maximum Gasteiger partial charge on any atom is 0.231 e. The highest BCUT2D eigenvalue weighted by Crippen LogP contribution is 2.42. The first-order chi connectivity index (χ1) is 8.38. The molecule has 0 aliphatic heterocycles. The zero-order valence-electron chi connectivity index (χ0n) is 11.4. The molecule has 6 heteroatoms. The first-order valence-electron chi connectivity index (χ1n) is 6.19. The highest BCUT2D eigenvalue weighted by Gasteiger charge is 2.49. The standard InChI is InChI=1S/C12H23N3O3/c1-5-7(10(13)15-17)11(16)14-8-6-9(18-4)12(8,2)3/h7-9,17H,5-6H2,1-4H3,(H2,13,15)(H,14,16). The van der Waals surface area contributed by atoms with Crippen LogP contribution in [0.5, 0.6) is 0 Å². The van der Waals surface area contributed by atoms with Gasteiger partial charge < -0.3 is 21.0 Å². The lowest BCUT2D eigenvalue weighted by Gasteiger charge is -2.51. The number of carbonyl (C=O) groups excluding carboxylic acids is 1. The number of nitrogens with two attached hydrogens (primary N) is 1. The van der Waals surface area contributed by atoms with Crippen LogP contribution < -0.4 is 11.1 Å². The summed E-state index contributed by atoms with van der Waals surface area (Å²) in [4.78, 5) is 12.0. The second-order valence-electron chi connectivity index (χ2n) is 5.33. The van der Waals surface area contributed by atoms with E-state index in [-0.39, 0.29) is 29.3 Å². The number of oxime groups is 1. The minimum absolute atomic E-state index is 0.0459. The van der Waals surface area contributed by atoms with Gasteiger partial charge in [0.1, 0.15) is 0 Å². The van der Waals surface area contributed by atoms with E-state index in [9.17, 15) is 4.79 Å². The molecule has 3 atom stereocenters. The van der Waals surface area contributed by atoms with Crippen molar-refractivity contribution in [2.45, 2.75) is 45.8 Å². The van der Waals surface area contributed by atoms with Crippen LogP contribution in [0, 0.1) is 11.3 Å². The van der Waals surface area contributed by atoms with Gasteiger partial charge in [-0.25, -0.2) is 0 Å². The number of nitrogens with zero attached hydrogens (tertiary/aromatic N) is 1. The monoisotopic (exact) mass is 257 g/mol. The van der Waals surface area contributed by atoms with E-state index in [0.717, 1.165) is 6.42 Å². The first-order valence-corrected chi connectivity index (χ1v) is 6.19. The van der Waals surface area contributed by atoms with Crippen LogP contribution in [0.15, 0.2) is 5.16 Å². The molecule has 4 N–H and O–H groups in total. The SMILES string of the molecule is CCC(C(=O)NC1CC(OC)C1(C)C)C(N)=NO. The summed E-state index contributed by atoms with van der Waals surface area (Å²) in [6.07, 6.45) is 1.46. The van der Waals surface area contributed by atoms with Crippen LogP contribution in [0.2, 0.25) is 0 Å². The Hall–Kier alpha value is -1.30. The number of carbonyl (C=O) groups is 1. The zero-order valence-corrected chi connectivity index (χ0v) is 11.4. The molecular weight excluding hydrogens is 234 g/mol. The maximum absolute atomic E-state index is 12.0. The summed E-state index contributed by atoms with van der Waals surface area (Å²) < 4.78 is 5.33. The third-order valence-corrected chi connectivity index (χ3v) is 3.98. The third-order valence-electron chi connectivity index (χ3n) is 3.98. The van der Waals surface area contributed by atoms with Gasteiger partial charge in [0, 0.05) is 18.6 Å². The molecule has 0 aromatic carbocycles. The van der Waals surface area contributed by atoms with Crippen molar-refractivity contribution >= 4 is 11.7 Å². The van der Waals surface area contributed by atoms with E-state index in [4.69, 9.17) is 15.7 Å². The Kier molecular flexibility index (Phi) is 4.56. The van der Waals surface area contributed by atoms with Gasteiger partial charge in [-0.3, -0.25) is 4.79 Å². The summed E-state index contributed by atoms with van der Waals surface area (Å²) in [5.41, 5.74) is 5.41. The van der Waals surface area contributed by atoms with Gasteiger partial charge in [-0.15, -0.1) is 0 Å². The van der Waals surface area contributed by atoms with Crippen molar-refractivity contribution in [2.75, 3.05) is 7.11 Å². The number of hydrogen-bond acceptors (Lipinski definition) is 4. The van der Waals surface area contributed by atoms with E-state index in [0.29, 0.717) is 6.42 Å². The Morgan fingerprint density at radius 2 is 2.28 bits per heavy atom. The minimum Gasteiger partial charge on any atom is -0.409 e. The molecule has 0 radical (unpaired) electrons. The molecule has 1 fully saturated rings. The van der Waals surface area contributed by atoms with Gasteiger partial charge in [0.15, 0.2) is 5.84 Å². The average molecular weight is 257 g/mol. The van der Waals surface area contributed by atoms with Crippen molar-refractivity contribution < 1.29 is 14.7 Å². The quantitative estimate of drug-likeness (QED) is 0.292. The summed E-state index contributed by atoms with van der Waals surface area (Å²) >= 11 is 0. The summed E-state index contributed by atoms with van der Waals surface area (Å²) in [5.74, 6) is -0.816. The topological polar surface area (TPSA) is 96.9 Å². The highest BCUT2D eigenvalue weighted by atomic mass is 16.5. The molecule has 0 aromatic rings. The molecule has 0 spiro atoms. The fourth-order valence-corrected chi connectivity index (χ4v) is 2.40. The molecule has 0 bridgehead atoms. The molecule has 0 aromatic heterocycles. The summed E-state index contributed by atoms with van der Waals surface area (Å²) in [7, 11) is 1.68. The lowest BCUT2D eigenvalue weighted by Crippen LogP contribution is -2.62. The maximum atomic E-state index is 12.0. The van der Waals surface area contributed by atoms with E-state index in [1.54, 1.807) is 7.11 Å². The Labute approximate surface area is 108 Å². The molecule has 1 aliphatic rings. The second-order valence-corrected chi connectivity index (χ2v) is 5.33. The molecule has 0 saturated heterocycles. The molecule has 18 heavy (non-hydrogen) atoms. The number of methoxy groups -OCH3 is 1. The van der Waals surface area contributed by atoms with Crippen molar-refractivity contribution in [1.82, 2.24) is 5.32 Å². The molecule has 3 unspecified atom stereocenters. The number of nitrogens with one attached hydrogen (secondary N) is 1. The Morgan fingerprint density at radius 3 is 2.67 bits per heavy atom. The van der Waals surface area contributed by atoms with Crippen LogP contribution in [-0.2, 0) is 9.53 Å². The van der Waals surface area contributed by atoms with E-state index in [1.165, 1.54) is 0 Å². The lowest BCUT2D eigenvalue weighted by atomic mass is 9.64. The first kappa shape index (κ1) is 14.8. The smallest absolute Gasteiger partial charge is 0.231 e. The van der Waals surface area contributed by atoms with Crippen LogP contribution >= 0.6 is 0 Å². The van der Waals surface area contributed by atoms with Crippen LogP contribution in [0.25, 0.3) is 0 Å². The van der Waals surface area contributed by atoms with E-state index < -0.39 is 5.92 Å². The Bertz CT molecular complexity index is 341. The van der Waals surface area contributed by atoms with Crippen LogP contribution in [0.1, 0.15) is 33.6 Å². The van der Waals surface area contributed by atoms with Gasteiger partial charge in [-0.05, 0) is 12.8 Å². The van der Waals surface area contributed by atoms with Crippen LogP contribution in [0.3, 0.4) is 0 Å².